The van der Waals surface area contributed by atoms with Gasteiger partial charge < -0.3 is 10.6 Å². The van der Waals surface area contributed by atoms with Gasteiger partial charge in [-0.05, 0) is 30.9 Å². The summed E-state index contributed by atoms with van der Waals surface area (Å²) in [5.41, 5.74) is 2.73. The molecule has 2 atom stereocenters. The van der Waals surface area contributed by atoms with Gasteiger partial charge in [0.05, 0.1) is 6.04 Å². The summed E-state index contributed by atoms with van der Waals surface area (Å²) in [6.07, 6.45) is 3.03. The standard InChI is InChI=1S/C15H19N3S/c1-11(15-16-6-7-19-15)17-9-12-8-13-4-2-3-5-14(13)18-10-12/h2-7,11-12,17-18H,8-10H2,1H3. The number of nitrogens with one attached hydrogen (secondary N) is 2. The third-order valence-corrected chi connectivity index (χ3v) is 4.60. The maximum absolute atomic E-state index is 4.36. The topological polar surface area (TPSA) is 37.0 Å². The lowest BCUT2D eigenvalue weighted by atomic mass is 9.94. The number of hydrogen-bond acceptors (Lipinski definition) is 4. The van der Waals surface area contributed by atoms with Gasteiger partial charge in [-0.1, -0.05) is 18.2 Å². The van der Waals surface area contributed by atoms with Crippen molar-refractivity contribution in [1.29, 1.82) is 0 Å². The Balaban J connectivity index is 1.55. The fourth-order valence-electron chi connectivity index (χ4n) is 2.53. The van der Waals surface area contributed by atoms with Crippen LogP contribution < -0.4 is 10.6 Å². The van der Waals surface area contributed by atoms with Gasteiger partial charge >= 0.3 is 0 Å². The van der Waals surface area contributed by atoms with Gasteiger partial charge in [-0.2, -0.15) is 0 Å². The molecule has 2 N–H and O–H groups in total. The quantitative estimate of drug-likeness (QED) is 0.899. The highest BCUT2D eigenvalue weighted by atomic mass is 32.1. The summed E-state index contributed by atoms with van der Waals surface area (Å²) < 4.78 is 0. The monoisotopic (exact) mass is 273 g/mol. The maximum Gasteiger partial charge on any atom is 0.109 e. The van der Waals surface area contributed by atoms with Crippen LogP contribution in [-0.2, 0) is 6.42 Å². The molecule has 0 spiro atoms. The van der Waals surface area contributed by atoms with Crippen molar-refractivity contribution in [3.05, 3.63) is 46.4 Å². The van der Waals surface area contributed by atoms with Crippen LogP contribution in [0.1, 0.15) is 23.5 Å². The third-order valence-electron chi connectivity index (χ3n) is 3.64. The molecule has 4 heteroatoms. The van der Waals surface area contributed by atoms with Crippen molar-refractivity contribution in [3.63, 3.8) is 0 Å². The molecule has 1 aromatic heterocycles. The van der Waals surface area contributed by atoms with Gasteiger partial charge in [0.25, 0.3) is 0 Å². The molecule has 0 bridgehead atoms. The van der Waals surface area contributed by atoms with Crippen LogP contribution in [0.3, 0.4) is 0 Å². The summed E-state index contributed by atoms with van der Waals surface area (Å²) in [4.78, 5) is 4.36. The van der Waals surface area contributed by atoms with E-state index >= 15 is 0 Å². The summed E-state index contributed by atoms with van der Waals surface area (Å²) in [6.45, 7) is 4.26. The molecule has 0 saturated carbocycles. The summed E-state index contributed by atoms with van der Waals surface area (Å²) in [6, 6.07) is 8.94. The summed E-state index contributed by atoms with van der Waals surface area (Å²) in [5, 5.41) is 10.3. The number of para-hydroxylation sites is 1. The van der Waals surface area contributed by atoms with Crippen LogP contribution in [0.5, 0.6) is 0 Å². The van der Waals surface area contributed by atoms with E-state index in [0.29, 0.717) is 12.0 Å². The fourth-order valence-corrected chi connectivity index (χ4v) is 3.20. The Morgan fingerprint density at radius 3 is 3.21 bits per heavy atom. The lowest BCUT2D eigenvalue weighted by molar-refractivity contribution is 0.448. The fraction of sp³-hybridized carbons (Fsp3) is 0.400. The Morgan fingerprint density at radius 2 is 2.37 bits per heavy atom. The van der Waals surface area contributed by atoms with Crippen LogP contribution in [0.4, 0.5) is 5.69 Å². The number of anilines is 1. The van der Waals surface area contributed by atoms with Crippen LogP contribution in [0.2, 0.25) is 0 Å². The second-order valence-electron chi connectivity index (χ2n) is 5.11. The zero-order valence-electron chi connectivity index (χ0n) is 11.1. The largest absolute Gasteiger partial charge is 0.384 e. The van der Waals surface area contributed by atoms with Gasteiger partial charge in [0, 0.05) is 30.4 Å². The molecule has 0 fully saturated rings. The highest BCUT2D eigenvalue weighted by Crippen LogP contribution is 2.24. The predicted octanol–water partition coefficient (Wildman–Crippen LogP) is 3.08. The molecule has 3 rings (SSSR count). The van der Waals surface area contributed by atoms with Crippen LogP contribution in [0, 0.1) is 5.92 Å². The molecule has 3 nitrogen and oxygen atoms in total. The van der Waals surface area contributed by atoms with Crippen molar-refractivity contribution < 1.29 is 0 Å². The van der Waals surface area contributed by atoms with E-state index in [4.69, 9.17) is 0 Å². The Bertz CT molecular complexity index is 524. The zero-order chi connectivity index (χ0) is 13.1. The van der Waals surface area contributed by atoms with E-state index in [1.165, 1.54) is 16.3 Å². The van der Waals surface area contributed by atoms with E-state index in [1.54, 1.807) is 11.3 Å². The minimum atomic E-state index is 0.345. The molecule has 19 heavy (non-hydrogen) atoms. The first-order valence-corrected chi connectivity index (χ1v) is 7.65. The first kappa shape index (κ1) is 12.6. The van der Waals surface area contributed by atoms with Crippen molar-refractivity contribution in [2.75, 3.05) is 18.4 Å². The molecule has 0 saturated heterocycles. The van der Waals surface area contributed by atoms with Gasteiger partial charge in [-0.15, -0.1) is 11.3 Å². The van der Waals surface area contributed by atoms with Crippen molar-refractivity contribution in [2.45, 2.75) is 19.4 Å². The maximum atomic E-state index is 4.36. The molecule has 0 amide bonds. The normalized spacial score (nSPS) is 19.5. The van der Waals surface area contributed by atoms with Crippen LogP contribution in [-0.4, -0.2) is 18.1 Å². The van der Waals surface area contributed by atoms with E-state index in [9.17, 15) is 0 Å². The van der Waals surface area contributed by atoms with Crippen LogP contribution in [0.25, 0.3) is 0 Å². The number of aromatic nitrogens is 1. The number of hydrogen-bond donors (Lipinski definition) is 2. The Kier molecular flexibility index (Phi) is 3.80. The number of fused-ring (bicyclic) bond motifs is 1. The Morgan fingerprint density at radius 1 is 1.47 bits per heavy atom. The number of rotatable bonds is 4. The van der Waals surface area contributed by atoms with Gasteiger partial charge in [0.2, 0.25) is 0 Å². The lowest BCUT2D eigenvalue weighted by Gasteiger charge is -2.27. The Hall–Kier alpha value is -1.39. The van der Waals surface area contributed by atoms with E-state index in [1.807, 2.05) is 11.6 Å². The van der Waals surface area contributed by atoms with E-state index in [0.717, 1.165) is 19.5 Å². The van der Waals surface area contributed by atoms with Gasteiger partial charge in [-0.3, -0.25) is 0 Å². The summed E-state index contributed by atoms with van der Waals surface area (Å²) in [5.74, 6) is 0.650. The van der Waals surface area contributed by atoms with Crippen molar-refractivity contribution in [1.82, 2.24) is 10.3 Å². The highest BCUT2D eigenvalue weighted by molar-refractivity contribution is 7.09. The lowest BCUT2D eigenvalue weighted by Crippen LogP contribution is -2.33. The number of benzene rings is 1. The number of nitrogens with zero attached hydrogens (tertiary/aromatic N) is 1. The molecule has 2 heterocycles. The predicted molar refractivity (Wildman–Crippen MR) is 80.7 cm³/mol. The second-order valence-corrected chi connectivity index (χ2v) is 6.03. The van der Waals surface area contributed by atoms with Crippen LogP contribution in [0.15, 0.2) is 35.8 Å². The molecule has 0 radical (unpaired) electrons. The van der Waals surface area contributed by atoms with Gasteiger partial charge in [0.1, 0.15) is 5.01 Å². The minimum Gasteiger partial charge on any atom is -0.384 e. The molecule has 1 aliphatic rings. The van der Waals surface area contributed by atoms with Gasteiger partial charge in [-0.25, -0.2) is 4.98 Å². The van der Waals surface area contributed by atoms with Crippen molar-refractivity contribution >= 4 is 17.0 Å². The third kappa shape index (κ3) is 2.96. The van der Waals surface area contributed by atoms with E-state index in [-0.39, 0.29) is 0 Å². The smallest absolute Gasteiger partial charge is 0.109 e. The van der Waals surface area contributed by atoms with Crippen LogP contribution >= 0.6 is 11.3 Å². The molecule has 0 aliphatic carbocycles. The average Bonchev–Trinajstić information content (AvgIpc) is 2.99. The van der Waals surface area contributed by atoms with E-state index < -0.39 is 0 Å². The first-order chi connectivity index (χ1) is 9.33. The molecule has 1 aromatic carbocycles. The second kappa shape index (κ2) is 5.72. The van der Waals surface area contributed by atoms with Gasteiger partial charge in [0.15, 0.2) is 0 Å². The molecule has 2 aromatic rings. The summed E-state index contributed by atoms with van der Waals surface area (Å²) in [7, 11) is 0. The summed E-state index contributed by atoms with van der Waals surface area (Å²) >= 11 is 1.72. The molecule has 2 unspecified atom stereocenters. The van der Waals surface area contributed by atoms with Crippen molar-refractivity contribution in [3.8, 4) is 0 Å². The average molecular weight is 273 g/mol. The molecule has 100 valence electrons. The first-order valence-electron chi connectivity index (χ1n) is 6.77. The number of thiazole rings is 1. The van der Waals surface area contributed by atoms with E-state index in [2.05, 4.69) is 46.8 Å². The SMILES string of the molecule is CC(NCC1CNc2ccccc2C1)c1nccs1. The molecular formula is C15H19N3S. The minimum absolute atomic E-state index is 0.345. The highest BCUT2D eigenvalue weighted by Gasteiger charge is 2.18. The van der Waals surface area contributed by atoms with Crippen molar-refractivity contribution in [2.24, 2.45) is 5.92 Å². The molecule has 1 aliphatic heterocycles. The zero-order valence-corrected chi connectivity index (χ0v) is 11.9. The molecular weight excluding hydrogens is 254 g/mol. The Labute approximate surface area is 118 Å².